The van der Waals surface area contributed by atoms with Gasteiger partial charge in [-0.1, -0.05) is 30.4 Å². The van der Waals surface area contributed by atoms with Gasteiger partial charge in [0.2, 0.25) is 0 Å². The SMILES string of the molecule is Cc1[nH]c2ccccc2c1C=NN1C(=O)C2C3C=CC(C3)C2C1=O. The van der Waals surface area contributed by atoms with Gasteiger partial charge in [-0.2, -0.15) is 10.1 Å². The molecule has 2 fully saturated rings. The van der Waals surface area contributed by atoms with Crippen LogP contribution in [0.1, 0.15) is 17.7 Å². The quantitative estimate of drug-likeness (QED) is 0.525. The van der Waals surface area contributed by atoms with Crippen LogP contribution in [0, 0.1) is 30.6 Å². The van der Waals surface area contributed by atoms with Crippen LogP contribution >= 0.6 is 0 Å². The minimum absolute atomic E-state index is 0.143. The molecule has 0 spiro atoms. The summed E-state index contributed by atoms with van der Waals surface area (Å²) in [7, 11) is 0. The maximum absolute atomic E-state index is 12.6. The van der Waals surface area contributed by atoms with Gasteiger partial charge in [0.1, 0.15) is 0 Å². The number of nitrogens with zero attached hydrogens (tertiary/aromatic N) is 2. The summed E-state index contributed by atoms with van der Waals surface area (Å²) < 4.78 is 0. The topological polar surface area (TPSA) is 65.5 Å². The largest absolute Gasteiger partial charge is 0.358 e. The summed E-state index contributed by atoms with van der Waals surface area (Å²) in [6, 6.07) is 7.94. The smallest absolute Gasteiger partial charge is 0.254 e. The van der Waals surface area contributed by atoms with Gasteiger partial charge in [-0.25, -0.2) is 0 Å². The van der Waals surface area contributed by atoms with Crippen LogP contribution in [0.25, 0.3) is 10.9 Å². The number of rotatable bonds is 2. The summed E-state index contributed by atoms with van der Waals surface area (Å²) in [5.74, 6) is -0.258. The number of amides is 2. The molecule has 2 heterocycles. The van der Waals surface area contributed by atoms with E-state index < -0.39 is 0 Å². The number of aromatic nitrogens is 1. The first-order chi connectivity index (χ1) is 11.6. The van der Waals surface area contributed by atoms with Crippen LogP contribution in [0.3, 0.4) is 0 Å². The summed E-state index contributed by atoms with van der Waals surface area (Å²) in [4.78, 5) is 28.6. The minimum Gasteiger partial charge on any atom is -0.358 e. The number of H-pyrrole nitrogens is 1. The fourth-order valence-electron chi connectivity index (χ4n) is 4.58. The Bertz CT molecular complexity index is 909. The van der Waals surface area contributed by atoms with Crippen molar-refractivity contribution < 1.29 is 9.59 Å². The van der Waals surface area contributed by atoms with Gasteiger partial charge >= 0.3 is 0 Å². The van der Waals surface area contributed by atoms with Crippen LogP contribution in [-0.2, 0) is 9.59 Å². The van der Waals surface area contributed by atoms with Crippen molar-refractivity contribution in [3.63, 3.8) is 0 Å². The van der Waals surface area contributed by atoms with Crippen LogP contribution in [0.5, 0.6) is 0 Å². The Morgan fingerprint density at radius 2 is 1.79 bits per heavy atom. The average molecular weight is 319 g/mol. The number of allylic oxidation sites excluding steroid dienone is 2. The summed E-state index contributed by atoms with van der Waals surface area (Å²) >= 11 is 0. The Labute approximate surface area is 139 Å². The molecule has 2 aliphatic carbocycles. The van der Waals surface area contributed by atoms with Gasteiger partial charge in [0.25, 0.3) is 11.8 Å². The van der Waals surface area contributed by atoms with Crippen molar-refractivity contribution >= 4 is 28.9 Å². The Morgan fingerprint density at radius 1 is 1.12 bits per heavy atom. The van der Waals surface area contributed by atoms with E-state index in [0.717, 1.165) is 33.6 Å². The van der Waals surface area contributed by atoms with Gasteiger partial charge in [-0.3, -0.25) is 9.59 Å². The number of aryl methyl sites for hydroxylation is 1. The molecule has 0 radical (unpaired) electrons. The summed E-state index contributed by atoms with van der Waals surface area (Å²) in [6.07, 6.45) is 6.76. The molecule has 1 N–H and O–H groups in total. The van der Waals surface area contributed by atoms with Gasteiger partial charge < -0.3 is 4.98 Å². The zero-order valence-corrected chi connectivity index (χ0v) is 13.3. The average Bonchev–Trinajstić information content (AvgIpc) is 3.30. The fourth-order valence-corrected chi connectivity index (χ4v) is 4.58. The molecule has 120 valence electrons. The third kappa shape index (κ3) is 1.67. The molecular weight excluding hydrogens is 302 g/mol. The zero-order chi connectivity index (χ0) is 16.4. The number of hydrogen-bond acceptors (Lipinski definition) is 3. The van der Waals surface area contributed by atoms with E-state index in [1.54, 1.807) is 6.21 Å². The number of carbonyl (C=O) groups is 2. The molecule has 2 bridgehead atoms. The van der Waals surface area contributed by atoms with E-state index in [2.05, 4.69) is 22.2 Å². The molecule has 1 saturated heterocycles. The number of imide groups is 1. The lowest BCUT2D eigenvalue weighted by atomic mass is 9.85. The van der Waals surface area contributed by atoms with E-state index in [1.165, 1.54) is 0 Å². The number of nitrogens with one attached hydrogen (secondary N) is 1. The van der Waals surface area contributed by atoms with Gasteiger partial charge in [-0.05, 0) is 31.2 Å². The second-order valence-electron chi connectivity index (χ2n) is 6.94. The zero-order valence-electron chi connectivity index (χ0n) is 13.3. The van der Waals surface area contributed by atoms with Crippen molar-refractivity contribution in [1.82, 2.24) is 9.99 Å². The molecule has 1 aromatic carbocycles. The first kappa shape index (κ1) is 13.7. The molecule has 5 nitrogen and oxygen atoms in total. The molecule has 2 aromatic rings. The lowest BCUT2D eigenvalue weighted by Gasteiger charge is -2.13. The second-order valence-corrected chi connectivity index (χ2v) is 6.94. The third-order valence-corrected chi connectivity index (χ3v) is 5.69. The van der Waals surface area contributed by atoms with Crippen LogP contribution in [0.15, 0.2) is 41.5 Å². The highest BCUT2D eigenvalue weighted by atomic mass is 16.2. The molecule has 3 aliphatic rings. The first-order valence-electron chi connectivity index (χ1n) is 8.32. The Balaban J connectivity index is 1.50. The van der Waals surface area contributed by atoms with Crippen molar-refractivity contribution in [2.45, 2.75) is 13.3 Å². The third-order valence-electron chi connectivity index (χ3n) is 5.69. The fraction of sp³-hybridized carbons (Fsp3) is 0.316. The molecule has 2 amide bonds. The molecule has 1 aliphatic heterocycles. The molecule has 1 saturated carbocycles. The maximum atomic E-state index is 12.6. The molecule has 4 atom stereocenters. The highest BCUT2D eigenvalue weighted by Crippen LogP contribution is 2.52. The number of aromatic amines is 1. The number of carbonyl (C=O) groups excluding carboxylic acids is 2. The van der Waals surface area contributed by atoms with Crippen molar-refractivity contribution in [3.8, 4) is 0 Å². The lowest BCUT2D eigenvalue weighted by molar-refractivity contribution is -0.140. The van der Waals surface area contributed by atoms with Gasteiger partial charge in [0, 0.05) is 22.2 Å². The van der Waals surface area contributed by atoms with Gasteiger partial charge in [0.15, 0.2) is 0 Å². The number of hydrogen-bond donors (Lipinski definition) is 1. The first-order valence-corrected chi connectivity index (χ1v) is 8.32. The monoisotopic (exact) mass is 319 g/mol. The highest BCUT2D eigenvalue weighted by Gasteiger charge is 2.59. The number of para-hydroxylation sites is 1. The predicted octanol–water partition coefficient (Wildman–Crippen LogP) is 2.62. The molecule has 1 aromatic heterocycles. The van der Waals surface area contributed by atoms with E-state index in [4.69, 9.17) is 0 Å². The predicted molar refractivity (Wildman–Crippen MR) is 90.2 cm³/mol. The van der Waals surface area contributed by atoms with E-state index in [9.17, 15) is 9.59 Å². The van der Waals surface area contributed by atoms with Gasteiger partial charge in [-0.15, -0.1) is 0 Å². The van der Waals surface area contributed by atoms with Crippen molar-refractivity contribution in [1.29, 1.82) is 0 Å². The van der Waals surface area contributed by atoms with Crippen molar-refractivity contribution in [3.05, 3.63) is 47.7 Å². The van der Waals surface area contributed by atoms with Gasteiger partial charge in [0.05, 0.1) is 18.1 Å². The summed E-state index contributed by atoms with van der Waals surface area (Å²) in [5.41, 5.74) is 2.92. The normalized spacial score (nSPS) is 31.1. The minimum atomic E-state index is -0.200. The number of hydrazone groups is 1. The Morgan fingerprint density at radius 3 is 2.50 bits per heavy atom. The summed E-state index contributed by atoms with van der Waals surface area (Å²) in [6.45, 7) is 1.97. The van der Waals surface area contributed by atoms with Crippen LogP contribution in [0.2, 0.25) is 0 Å². The van der Waals surface area contributed by atoms with E-state index in [0.29, 0.717) is 0 Å². The number of benzene rings is 1. The van der Waals surface area contributed by atoms with Crippen LogP contribution in [-0.4, -0.2) is 28.0 Å². The van der Waals surface area contributed by atoms with Crippen LogP contribution in [0.4, 0.5) is 0 Å². The number of fused-ring (bicyclic) bond motifs is 6. The molecular formula is C19H17N3O2. The Hall–Kier alpha value is -2.69. The van der Waals surface area contributed by atoms with Crippen molar-refractivity contribution in [2.24, 2.45) is 28.8 Å². The molecule has 4 unspecified atom stereocenters. The standard InChI is InChI=1S/C19H17N3O2/c1-10-14(13-4-2-3-5-15(13)21-10)9-20-22-18(23)16-11-6-7-12(8-11)17(16)19(22)24/h2-7,9,11-12,16-17,21H,8H2,1H3. The lowest BCUT2D eigenvalue weighted by Crippen LogP contribution is -2.28. The van der Waals surface area contributed by atoms with Crippen LogP contribution < -0.4 is 0 Å². The second kappa shape index (κ2) is 4.66. The van der Waals surface area contributed by atoms with E-state index in [1.807, 2.05) is 31.2 Å². The Kier molecular flexibility index (Phi) is 2.66. The van der Waals surface area contributed by atoms with Crippen molar-refractivity contribution in [2.75, 3.05) is 0 Å². The molecule has 24 heavy (non-hydrogen) atoms. The van der Waals surface area contributed by atoms with E-state index in [-0.39, 0.29) is 35.5 Å². The molecule has 5 rings (SSSR count). The highest BCUT2D eigenvalue weighted by molar-refractivity contribution is 6.08. The summed E-state index contributed by atoms with van der Waals surface area (Å²) in [5, 5.41) is 6.42. The molecule has 5 heteroatoms. The van der Waals surface area contributed by atoms with E-state index >= 15 is 0 Å². The maximum Gasteiger partial charge on any atom is 0.254 e.